The molecule has 0 saturated heterocycles. The second-order valence-electron chi connectivity index (χ2n) is 8.19. The molecule has 0 aliphatic heterocycles. The van der Waals surface area contributed by atoms with Crippen LogP contribution in [0.25, 0.3) is 0 Å². The lowest BCUT2D eigenvalue weighted by Gasteiger charge is -2.56. The van der Waals surface area contributed by atoms with E-state index in [-0.39, 0.29) is 16.4 Å². The Morgan fingerprint density at radius 1 is 1.16 bits per heavy atom. The first-order valence-corrected chi connectivity index (χ1v) is 9.73. The first-order valence-electron chi connectivity index (χ1n) is 8.85. The van der Waals surface area contributed by atoms with E-state index in [2.05, 4.69) is 10.2 Å². The van der Waals surface area contributed by atoms with Crippen molar-refractivity contribution in [1.29, 1.82) is 0 Å². The maximum absolute atomic E-state index is 13.2. The molecule has 4 bridgehead atoms. The molecule has 0 N–H and O–H groups in total. The van der Waals surface area contributed by atoms with E-state index >= 15 is 0 Å². The number of carbonyl (C=O) groups is 1. The lowest BCUT2D eigenvalue weighted by molar-refractivity contribution is -0.147. The van der Waals surface area contributed by atoms with Gasteiger partial charge in [0.2, 0.25) is 5.82 Å². The summed E-state index contributed by atoms with van der Waals surface area (Å²) >= 11 is 1.10. The molecule has 1 aromatic rings. The third-order valence-electron chi connectivity index (χ3n) is 6.30. The Labute approximate surface area is 148 Å². The molecular formula is C17H22F3N3OS. The first-order chi connectivity index (χ1) is 11.7. The van der Waals surface area contributed by atoms with Crippen molar-refractivity contribution < 1.29 is 18.0 Å². The van der Waals surface area contributed by atoms with Crippen molar-refractivity contribution in [3.63, 3.8) is 0 Å². The van der Waals surface area contributed by atoms with E-state index in [1.165, 1.54) is 26.3 Å². The third kappa shape index (κ3) is 2.90. The lowest BCUT2D eigenvalue weighted by Crippen LogP contribution is -2.51. The Bertz CT molecular complexity index is 665. The van der Waals surface area contributed by atoms with Gasteiger partial charge in [0.25, 0.3) is 0 Å². The normalized spacial score (nSPS) is 35.2. The molecule has 0 aromatic carbocycles. The van der Waals surface area contributed by atoms with Crippen molar-refractivity contribution in [3.05, 3.63) is 5.82 Å². The van der Waals surface area contributed by atoms with Gasteiger partial charge in [-0.2, -0.15) is 13.2 Å². The molecule has 0 amide bonds. The number of hydrogen-bond acceptors (Lipinski definition) is 4. The molecule has 4 saturated carbocycles. The summed E-state index contributed by atoms with van der Waals surface area (Å²) in [6.45, 7) is 1.80. The third-order valence-corrected chi connectivity index (χ3v) is 7.43. The number of carbonyl (C=O) groups excluding carboxylic acids is 1. The van der Waals surface area contributed by atoms with Crippen LogP contribution in [-0.4, -0.2) is 25.8 Å². The molecule has 0 unspecified atom stereocenters. The fraction of sp³-hybridized carbons (Fsp3) is 0.824. The van der Waals surface area contributed by atoms with Crippen LogP contribution >= 0.6 is 11.8 Å². The highest BCUT2D eigenvalue weighted by Gasteiger charge is 2.55. The average Bonchev–Trinajstić information content (AvgIpc) is 2.86. The van der Waals surface area contributed by atoms with Crippen LogP contribution in [-0.2, 0) is 18.0 Å². The Morgan fingerprint density at radius 2 is 1.68 bits per heavy atom. The number of ketones is 1. The van der Waals surface area contributed by atoms with Crippen molar-refractivity contribution in [3.8, 4) is 0 Å². The fourth-order valence-corrected chi connectivity index (χ4v) is 6.73. The number of aromatic nitrogens is 3. The summed E-state index contributed by atoms with van der Waals surface area (Å²) in [5, 5.41) is 6.65. The van der Waals surface area contributed by atoms with E-state index in [1.807, 2.05) is 0 Å². The van der Waals surface area contributed by atoms with Crippen LogP contribution in [0.5, 0.6) is 0 Å². The molecule has 1 aromatic heterocycles. The monoisotopic (exact) mass is 373 g/mol. The van der Waals surface area contributed by atoms with Crippen LogP contribution in [0.4, 0.5) is 13.2 Å². The van der Waals surface area contributed by atoms with Crippen molar-refractivity contribution in [2.24, 2.45) is 30.2 Å². The van der Waals surface area contributed by atoms with E-state index in [1.54, 1.807) is 6.92 Å². The molecule has 1 heterocycles. The van der Waals surface area contributed by atoms with Gasteiger partial charge in [-0.05, 0) is 63.2 Å². The summed E-state index contributed by atoms with van der Waals surface area (Å²) in [6.07, 6.45) is 2.14. The van der Waals surface area contributed by atoms with Gasteiger partial charge in [-0.15, -0.1) is 10.2 Å². The fourth-order valence-electron chi connectivity index (χ4n) is 5.72. The molecule has 4 aliphatic carbocycles. The van der Waals surface area contributed by atoms with E-state index < -0.39 is 17.3 Å². The highest BCUT2D eigenvalue weighted by atomic mass is 32.2. The number of rotatable bonds is 4. The number of alkyl halides is 3. The molecule has 8 heteroatoms. The number of nitrogens with zero attached hydrogens (tertiary/aromatic N) is 3. The highest BCUT2D eigenvalue weighted by molar-refractivity contribution is 8.00. The minimum Gasteiger partial charge on any atom is -0.302 e. The SMILES string of the molecule is C[C@H](Sc1nnc(C(F)(F)F)n1C)C(=O)C12CC3CC(CC(C3)C1)C2. The summed E-state index contributed by atoms with van der Waals surface area (Å²) < 4.78 is 39.5. The average molecular weight is 373 g/mol. The summed E-state index contributed by atoms with van der Waals surface area (Å²) in [5.41, 5.74) is -0.243. The summed E-state index contributed by atoms with van der Waals surface area (Å²) in [6, 6.07) is 0. The van der Waals surface area contributed by atoms with Crippen LogP contribution in [0.15, 0.2) is 5.16 Å². The number of thioether (sulfide) groups is 1. The topological polar surface area (TPSA) is 47.8 Å². The molecule has 4 nitrogen and oxygen atoms in total. The standard InChI is InChI=1S/C17H22F3N3OS/c1-9(25-15-22-21-14(23(15)2)17(18,19)20)13(24)16-6-10-3-11(7-16)5-12(4-10)8-16/h9-12H,3-8H2,1-2H3/t9-,10?,11?,12?,16?/m0/s1. The van der Waals surface area contributed by atoms with Gasteiger partial charge in [-0.25, -0.2) is 0 Å². The van der Waals surface area contributed by atoms with Crippen LogP contribution in [0.1, 0.15) is 51.3 Å². The highest BCUT2D eigenvalue weighted by Crippen LogP contribution is 2.61. The minimum atomic E-state index is -4.53. The Hall–Kier alpha value is -1.05. The molecule has 0 radical (unpaired) electrons. The van der Waals surface area contributed by atoms with Crippen LogP contribution in [0.3, 0.4) is 0 Å². The number of Topliss-reactive ketones (excluding diaryl/α,β-unsaturated/α-hetero) is 1. The summed E-state index contributed by atoms with van der Waals surface area (Å²) in [4.78, 5) is 13.2. The summed E-state index contributed by atoms with van der Waals surface area (Å²) in [7, 11) is 1.30. The van der Waals surface area contributed by atoms with Gasteiger partial charge in [-0.1, -0.05) is 11.8 Å². The zero-order valence-corrected chi connectivity index (χ0v) is 15.2. The predicted molar refractivity (Wildman–Crippen MR) is 86.9 cm³/mol. The van der Waals surface area contributed by atoms with Gasteiger partial charge in [0.1, 0.15) is 0 Å². The Balaban J connectivity index is 1.51. The van der Waals surface area contributed by atoms with E-state index in [0.29, 0.717) is 17.8 Å². The molecular weight excluding hydrogens is 351 g/mol. The summed E-state index contributed by atoms with van der Waals surface area (Å²) in [5.74, 6) is 1.18. The van der Waals surface area contributed by atoms with E-state index in [0.717, 1.165) is 35.6 Å². The van der Waals surface area contributed by atoms with E-state index in [9.17, 15) is 18.0 Å². The zero-order chi connectivity index (χ0) is 18.0. The van der Waals surface area contributed by atoms with E-state index in [4.69, 9.17) is 0 Å². The molecule has 1 atom stereocenters. The van der Waals surface area contributed by atoms with Gasteiger partial charge in [-0.3, -0.25) is 4.79 Å². The molecule has 25 heavy (non-hydrogen) atoms. The smallest absolute Gasteiger partial charge is 0.302 e. The first kappa shape index (κ1) is 17.4. The largest absolute Gasteiger partial charge is 0.451 e. The predicted octanol–water partition coefficient (Wildman–Crippen LogP) is 4.10. The minimum absolute atomic E-state index is 0.151. The lowest BCUT2D eigenvalue weighted by atomic mass is 9.48. The van der Waals surface area contributed by atoms with Crippen LogP contribution < -0.4 is 0 Å². The second-order valence-corrected chi connectivity index (χ2v) is 9.49. The molecule has 4 aliphatic rings. The Kier molecular flexibility index (Phi) is 3.98. The van der Waals surface area contributed by atoms with Crippen molar-refractivity contribution in [1.82, 2.24) is 14.8 Å². The number of hydrogen-bond donors (Lipinski definition) is 0. The molecule has 4 fully saturated rings. The van der Waals surface area contributed by atoms with Gasteiger partial charge in [0.15, 0.2) is 10.9 Å². The van der Waals surface area contributed by atoms with Crippen LogP contribution in [0, 0.1) is 23.2 Å². The van der Waals surface area contributed by atoms with Crippen molar-refractivity contribution in [2.75, 3.05) is 0 Å². The van der Waals surface area contributed by atoms with Gasteiger partial charge < -0.3 is 4.57 Å². The zero-order valence-electron chi connectivity index (χ0n) is 14.3. The van der Waals surface area contributed by atoms with Crippen molar-refractivity contribution >= 4 is 17.5 Å². The molecule has 0 spiro atoms. The molecule has 5 rings (SSSR count). The maximum atomic E-state index is 13.2. The number of halogens is 3. The Morgan fingerprint density at radius 3 is 2.12 bits per heavy atom. The quantitative estimate of drug-likeness (QED) is 0.746. The van der Waals surface area contributed by atoms with Gasteiger partial charge in [0.05, 0.1) is 5.25 Å². The van der Waals surface area contributed by atoms with Crippen molar-refractivity contribution in [2.45, 2.75) is 62.0 Å². The second kappa shape index (κ2) is 5.72. The van der Waals surface area contributed by atoms with Gasteiger partial charge >= 0.3 is 6.18 Å². The molecule has 138 valence electrons. The van der Waals surface area contributed by atoms with Crippen LogP contribution in [0.2, 0.25) is 0 Å². The van der Waals surface area contributed by atoms with Gasteiger partial charge in [0, 0.05) is 12.5 Å². The maximum Gasteiger partial charge on any atom is 0.451 e.